The van der Waals surface area contributed by atoms with Crippen molar-refractivity contribution in [2.24, 2.45) is 0 Å². The lowest BCUT2D eigenvalue weighted by atomic mass is 10.3. The highest BCUT2D eigenvalue weighted by Gasteiger charge is 1.68. The van der Waals surface area contributed by atoms with E-state index in [1.54, 1.807) is 0 Å². The predicted octanol–water partition coefficient (Wildman–Crippen LogP) is 5.85. The van der Waals surface area contributed by atoms with Crippen molar-refractivity contribution in [3.63, 3.8) is 0 Å². The summed E-state index contributed by atoms with van der Waals surface area (Å²) in [5.41, 5.74) is 2.51. The second-order valence-corrected chi connectivity index (χ2v) is 2.62. The summed E-state index contributed by atoms with van der Waals surface area (Å²) in [6, 6.07) is 0. The highest BCUT2D eigenvalue weighted by Crippen LogP contribution is 1.89. The SMILES string of the molecule is C.C.C.C=C(C)CC.C=C(C)CC. The van der Waals surface area contributed by atoms with E-state index in [4.69, 9.17) is 0 Å². The minimum absolute atomic E-state index is 0. The van der Waals surface area contributed by atoms with Crippen LogP contribution in [0.5, 0.6) is 0 Å². The van der Waals surface area contributed by atoms with Crippen LogP contribution in [0.3, 0.4) is 0 Å². The Balaban J connectivity index is -0.0000000267. The average molecular weight is 188 g/mol. The molecule has 0 saturated heterocycles. The fourth-order valence-electron chi connectivity index (χ4n) is 0. The Morgan fingerprint density at radius 2 is 0.846 bits per heavy atom. The van der Waals surface area contributed by atoms with Crippen LogP contribution in [0.15, 0.2) is 24.3 Å². The highest BCUT2D eigenvalue weighted by atomic mass is 13.7. The molecular formula is C13H32. The van der Waals surface area contributed by atoms with E-state index in [1.807, 2.05) is 13.8 Å². The standard InChI is InChI=1S/2C5H10.3CH4/c2*1-4-5(2)3;;;/h2*2,4H2,1,3H3;3*1H4. The van der Waals surface area contributed by atoms with Gasteiger partial charge in [0.1, 0.15) is 0 Å². The van der Waals surface area contributed by atoms with Crippen LogP contribution >= 0.6 is 0 Å². The fourth-order valence-corrected chi connectivity index (χ4v) is 0. The highest BCUT2D eigenvalue weighted by molar-refractivity contribution is 4.85. The summed E-state index contributed by atoms with van der Waals surface area (Å²) in [5.74, 6) is 0. The molecule has 0 aromatic rings. The Bertz CT molecular complexity index is 84.6. The quantitative estimate of drug-likeness (QED) is 0.477. The number of hydrogen-bond donors (Lipinski definition) is 0. The molecule has 84 valence electrons. The van der Waals surface area contributed by atoms with Crippen molar-refractivity contribution in [2.45, 2.75) is 62.8 Å². The number of hydrogen-bond acceptors (Lipinski definition) is 0. The Morgan fingerprint density at radius 1 is 0.769 bits per heavy atom. The summed E-state index contributed by atoms with van der Waals surface area (Å²) in [5, 5.41) is 0. The summed E-state index contributed by atoms with van der Waals surface area (Å²) in [6.07, 6.45) is 2.22. The van der Waals surface area contributed by atoms with Crippen LogP contribution in [-0.2, 0) is 0 Å². The molecule has 0 saturated carbocycles. The molecule has 0 aromatic heterocycles. The van der Waals surface area contributed by atoms with E-state index in [-0.39, 0.29) is 22.3 Å². The first-order chi connectivity index (χ1) is 4.54. The Morgan fingerprint density at radius 3 is 0.846 bits per heavy atom. The average Bonchev–Trinajstić information content (AvgIpc) is 1.89. The number of allylic oxidation sites excluding steroid dienone is 2. The van der Waals surface area contributed by atoms with E-state index in [0.717, 1.165) is 12.8 Å². The molecule has 0 aromatic carbocycles. The maximum atomic E-state index is 3.67. The monoisotopic (exact) mass is 188 g/mol. The lowest BCUT2D eigenvalue weighted by molar-refractivity contribution is 1.11. The van der Waals surface area contributed by atoms with Gasteiger partial charge in [0.15, 0.2) is 0 Å². The van der Waals surface area contributed by atoms with Crippen LogP contribution in [0.1, 0.15) is 62.8 Å². The fraction of sp³-hybridized carbons (Fsp3) is 0.692. The normalized spacial score (nSPS) is 5.85. The van der Waals surface area contributed by atoms with Gasteiger partial charge in [-0.05, 0) is 26.7 Å². The summed E-state index contributed by atoms with van der Waals surface area (Å²) in [7, 11) is 0. The van der Waals surface area contributed by atoms with E-state index in [0.29, 0.717) is 0 Å². The van der Waals surface area contributed by atoms with Gasteiger partial charge in [0, 0.05) is 0 Å². The van der Waals surface area contributed by atoms with Crippen molar-refractivity contribution in [2.75, 3.05) is 0 Å². The third-order valence-corrected chi connectivity index (χ3v) is 1.21. The van der Waals surface area contributed by atoms with Crippen LogP contribution in [0, 0.1) is 0 Å². The molecule has 0 amide bonds. The molecule has 0 spiro atoms. The molecule has 0 atom stereocenters. The van der Waals surface area contributed by atoms with E-state index in [1.165, 1.54) is 11.1 Å². The topological polar surface area (TPSA) is 0 Å². The zero-order chi connectivity index (χ0) is 8.57. The molecule has 0 aliphatic heterocycles. The van der Waals surface area contributed by atoms with Crippen molar-refractivity contribution in [1.29, 1.82) is 0 Å². The van der Waals surface area contributed by atoms with E-state index >= 15 is 0 Å². The zero-order valence-electron chi connectivity index (χ0n) is 7.83. The van der Waals surface area contributed by atoms with Crippen LogP contribution < -0.4 is 0 Å². The molecule has 0 nitrogen and oxygen atoms in total. The van der Waals surface area contributed by atoms with Crippen LogP contribution in [-0.4, -0.2) is 0 Å². The second-order valence-electron chi connectivity index (χ2n) is 2.62. The van der Waals surface area contributed by atoms with E-state index in [9.17, 15) is 0 Å². The van der Waals surface area contributed by atoms with Gasteiger partial charge in [-0.25, -0.2) is 0 Å². The van der Waals surface area contributed by atoms with E-state index in [2.05, 4.69) is 27.0 Å². The molecule has 0 radical (unpaired) electrons. The van der Waals surface area contributed by atoms with Gasteiger partial charge in [0.2, 0.25) is 0 Å². The molecule has 0 bridgehead atoms. The third-order valence-electron chi connectivity index (χ3n) is 1.21. The van der Waals surface area contributed by atoms with Crippen LogP contribution in [0.25, 0.3) is 0 Å². The predicted molar refractivity (Wildman–Crippen MR) is 70.4 cm³/mol. The summed E-state index contributed by atoms with van der Waals surface area (Å²) < 4.78 is 0. The molecule has 0 rings (SSSR count). The molecule has 0 heteroatoms. The van der Waals surface area contributed by atoms with Gasteiger partial charge in [-0.1, -0.05) is 47.3 Å². The largest absolute Gasteiger partial charge is 0.100 e. The molecule has 13 heavy (non-hydrogen) atoms. The first kappa shape index (κ1) is 29.4. The van der Waals surface area contributed by atoms with Gasteiger partial charge in [-0.3, -0.25) is 0 Å². The molecular weight excluding hydrogens is 156 g/mol. The first-order valence-corrected chi connectivity index (χ1v) is 3.83. The lowest BCUT2D eigenvalue weighted by Gasteiger charge is -1.79. The van der Waals surface area contributed by atoms with Crippen LogP contribution in [0.2, 0.25) is 0 Å². The first-order valence-electron chi connectivity index (χ1n) is 3.83. The third kappa shape index (κ3) is 85.2. The van der Waals surface area contributed by atoms with Crippen molar-refractivity contribution in [3.05, 3.63) is 24.3 Å². The minimum atomic E-state index is 0. The summed E-state index contributed by atoms with van der Waals surface area (Å²) in [4.78, 5) is 0. The van der Waals surface area contributed by atoms with Crippen molar-refractivity contribution in [3.8, 4) is 0 Å². The zero-order valence-corrected chi connectivity index (χ0v) is 7.83. The summed E-state index contributed by atoms with van der Waals surface area (Å²) >= 11 is 0. The van der Waals surface area contributed by atoms with Gasteiger partial charge >= 0.3 is 0 Å². The minimum Gasteiger partial charge on any atom is -0.100 e. The van der Waals surface area contributed by atoms with Gasteiger partial charge in [0.05, 0.1) is 0 Å². The molecule has 0 heterocycles. The molecule has 0 aliphatic rings. The van der Waals surface area contributed by atoms with Crippen molar-refractivity contribution >= 4 is 0 Å². The number of rotatable bonds is 2. The van der Waals surface area contributed by atoms with Gasteiger partial charge in [0.25, 0.3) is 0 Å². The van der Waals surface area contributed by atoms with Gasteiger partial charge < -0.3 is 0 Å². The maximum absolute atomic E-state index is 3.67. The lowest BCUT2D eigenvalue weighted by Crippen LogP contribution is -1.58. The van der Waals surface area contributed by atoms with Gasteiger partial charge in [-0.2, -0.15) is 0 Å². The van der Waals surface area contributed by atoms with Gasteiger partial charge in [-0.15, -0.1) is 13.2 Å². The molecule has 0 aliphatic carbocycles. The Labute approximate surface area is 87.8 Å². The Hall–Kier alpha value is -0.520. The second kappa shape index (κ2) is 22.5. The van der Waals surface area contributed by atoms with Crippen molar-refractivity contribution < 1.29 is 0 Å². The molecule has 0 N–H and O–H groups in total. The smallest absolute Gasteiger partial charge is 0.0354 e. The Kier molecular flexibility index (Phi) is 51.0. The molecule has 0 fully saturated rings. The summed E-state index contributed by atoms with van der Waals surface area (Å²) in [6.45, 7) is 15.6. The van der Waals surface area contributed by atoms with Crippen molar-refractivity contribution in [1.82, 2.24) is 0 Å². The van der Waals surface area contributed by atoms with E-state index < -0.39 is 0 Å². The molecule has 0 unspecified atom stereocenters. The van der Waals surface area contributed by atoms with Crippen LogP contribution in [0.4, 0.5) is 0 Å². The maximum Gasteiger partial charge on any atom is -0.0354 e.